The molecule has 1 heterocycles. The first-order chi connectivity index (χ1) is 7.70. The molecule has 0 aliphatic rings. The Bertz CT molecular complexity index is 494. The van der Waals surface area contributed by atoms with E-state index in [4.69, 9.17) is 0 Å². The highest BCUT2D eigenvalue weighted by atomic mass is 16.1. The van der Waals surface area contributed by atoms with Crippen molar-refractivity contribution in [3.05, 3.63) is 58.9 Å². The van der Waals surface area contributed by atoms with Crippen LogP contribution in [0, 0.1) is 13.8 Å². The van der Waals surface area contributed by atoms with Gasteiger partial charge in [-0.25, -0.2) is 0 Å². The molecule has 0 radical (unpaired) electrons. The van der Waals surface area contributed by atoms with Gasteiger partial charge in [0.15, 0.2) is 6.29 Å². The highest BCUT2D eigenvalue weighted by Crippen LogP contribution is 2.11. The topological polar surface area (TPSA) is 22.0 Å². The van der Waals surface area contributed by atoms with E-state index in [0.717, 1.165) is 24.2 Å². The average molecular weight is 213 g/mol. The molecule has 0 N–H and O–H groups in total. The summed E-state index contributed by atoms with van der Waals surface area (Å²) in [6.07, 6.45) is 0.904. The molecule has 1 aromatic heterocycles. The summed E-state index contributed by atoms with van der Waals surface area (Å²) in [7, 11) is 0. The van der Waals surface area contributed by atoms with Gasteiger partial charge in [0.2, 0.25) is 0 Å². The second kappa shape index (κ2) is 4.35. The van der Waals surface area contributed by atoms with Gasteiger partial charge in [0.1, 0.15) is 0 Å². The quantitative estimate of drug-likeness (QED) is 0.718. The molecule has 2 rings (SSSR count). The molecule has 0 bridgehead atoms. The zero-order valence-corrected chi connectivity index (χ0v) is 9.60. The third-order valence-corrected chi connectivity index (χ3v) is 2.81. The van der Waals surface area contributed by atoms with Gasteiger partial charge < -0.3 is 4.57 Å². The molecule has 0 saturated carbocycles. The van der Waals surface area contributed by atoms with Gasteiger partial charge in [-0.2, -0.15) is 0 Å². The lowest BCUT2D eigenvalue weighted by Gasteiger charge is -2.08. The van der Waals surface area contributed by atoms with Crippen LogP contribution in [0.3, 0.4) is 0 Å². The molecular formula is C14H15NO. The molecule has 0 saturated heterocycles. The van der Waals surface area contributed by atoms with Crippen molar-refractivity contribution in [1.29, 1.82) is 0 Å². The molecule has 0 spiro atoms. The third kappa shape index (κ3) is 2.06. The van der Waals surface area contributed by atoms with E-state index in [-0.39, 0.29) is 0 Å². The Hall–Kier alpha value is -1.83. The Morgan fingerprint density at radius 2 is 1.75 bits per heavy atom. The van der Waals surface area contributed by atoms with Gasteiger partial charge in [0, 0.05) is 12.2 Å². The summed E-state index contributed by atoms with van der Waals surface area (Å²) in [4.78, 5) is 10.9. The summed E-state index contributed by atoms with van der Waals surface area (Å²) in [5.41, 5.74) is 4.32. The number of hydrogen-bond donors (Lipinski definition) is 0. The van der Waals surface area contributed by atoms with Crippen LogP contribution in [0.25, 0.3) is 0 Å². The molecule has 0 unspecified atom stereocenters. The van der Waals surface area contributed by atoms with Crippen LogP contribution in [0.5, 0.6) is 0 Å². The number of rotatable bonds is 3. The number of aryl methyl sites for hydroxylation is 2. The SMILES string of the molecule is Cc1ccc(Cn2c(C)ccc2C=O)cc1. The van der Waals surface area contributed by atoms with Crippen LogP contribution < -0.4 is 0 Å². The van der Waals surface area contributed by atoms with E-state index >= 15 is 0 Å². The standard InChI is InChI=1S/C14H15NO/c1-11-3-6-13(7-4-11)9-15-12(2)5-8-14(15)10-16/h3-8,10H,9H2,1-2H3. The maximum atomic E-state index is 10.9. The molecule has 0 atom stereocenters. The van der Waals surface area contributed by atoms with E-state index in [1.165, 1.54) is 11.1 Å². The molecule has 1 aromatic carbocycles. The lowest BCUT2D eigenvalue weighted by atomic mass is 10.1. The van der Waals surface area contributed by atoms with Crippen LogP contribution in [0.4, 0.5) is 0 Å². The van der Waals surface area contributed by atoms with Gasteiger partial charge in [-0.1, -0.05) is 29.8 Å². The first kappa shape index (κ1) is 10.7. The molecule has 2 heteroatoms. The summed E-state index contributed by atoms with van der Waals surface area (Å²) in [6.45, 7) is 4.84. The molecule has 2 aromatic rings. The molecular weight excluding hydrogens is 198 g/mol. The largest absolute Gasteiger partial charge is 0.338 e. The molecule has 2 nitrogen and oxygen atoms in total. The van der Waals surface area contributed by atoms with E-state index in [1.807, 2.05) is 23.6 Å². The Morgan fingerprint density at radius 3 is 2.38 bits per heavy atom. The van der Waals surface area contributed by atoms with Gasteiger partial charge in [-0.05, 0) is 31.5 Å². The number of hydrogen-bond acceptors (Lipinski definition) is 1. The lowest BCUT2D eigenvalue weighted by Crippen LogP contribution is -2.05. The fourth-order valence-electron chi connectivity index (χ4n) is 1.78. The van der Waals surface area contributed by atoms with E-state index in [1.54, 1.807) is 0 Å². The highest BCUT2D eigenvalue weighted by Gasteiger charge is 2.04. The predicted molar refractivity (Wildman–Crippen MR) is 64.8 cm³/mol. The van der Waals surface area contributed by atoms with Crippen LogP contribution in [0.1, 0.15) is 27.3 Å². The minimum Gasteiger partial charge on any atom is -0.338 e. The summed E-state index contributed by atoms with van der Waals surface area (Å²) < 4.78 is 2.03. The van der Waals surface area contributed by atoms with Crippen LogP contribution in [-0.2, 0) is 6.54 Å². The molecule has 0 amide bonds. The van der Waals surface area contributed by atoms with Crippen molar-refractivity contribution in [3.8, 4) is 0 Å². The fraction of sp³-hybridized carbons (Fsp3) is 0.214. The van der Waals surface area contributed by atoms with Gasteiger partial charge in [-0.15, -0.1) is 0 Å². The zero-order valence-electron chi connectivity index (χ0n) is 9.60. The Kier molecular flexibility index (Phi) is 2.91. The molecule has 0 aliphatic carbocycles. The van der Waals surface area contributed by atoms with Crippen LogP contribution >= 0.6 is 0 Å². The molecule has 0 aliphatic heterocycles. The molecule has 0 fully saturated rings. The zero-order chi connectivity index (χ0) is 11.5. The van der Waals surface area contributed by atoms with Crippen LogP contribution in [0.2, 0.25) is 0 Å². The van der Waals surface area contributed by atoms with Gasteiger partial charge in [0.25, 0.3) is 0 Å². The average Bonchev–Trinajstić information content (AvgIpc) is 2.63. The minimum absolute atomic E-state index is 0.734. The van der Waals surface area contributed by atoms with Crippen molar-refractivity contribution in [1.82, 2.24) is 4.57 Å². The second-order valence-corrected chi connectivity index (χ2v) is 4.09. The highest BCUT2D eigenvalue weighted by molar-refractivity contribution is 5.72. The maximum Gasteiger partial charge on any atom is 0.166 e. The Balaban J connectivity index is 2.29. The Morgan fingerprint density at radius 1 is 1.06 bits per heavy atom. The Labute approximate surface area is 95.5 Å². The number of nitrogens with zero attached hydrogens (tertiary/aromatic N) is 1. The van der Waals surface area contributed by atoms with E-state index in [2.05, 4.69) is 31.2 Å². The van der Waals surface area contributed by atoms with Gasteiger partial charge in [0.05, 0.1) is 5.69 Å². The van der Waals surface area contributed by atoms with Gasteiger partial charge in [-0.3, -0.25) is 4.79 Å². The van der Waals surface area contributed by atoms with Gasteiger partial charge >= 0.3 is 0 Å². The normalized spacial score (nSPS) is 10.4. The molecule has 82 valence electrons. The first-order valence-corrected chi connectivity index (χ1v) is 5.37. The predicted octanol–water partition coefficient (Wildman–Crippen LogP) is 2.97. The second-order valence-electron chi connectivity index (χ2n) is 4.09. The van der Waals surface area contributed by atoms with Crippen LogP contribution in [-0.4, -0.2) is 10.9 Å². The van der Waals surface area contributed by atoms with Crippen molar-refractivity contribution in [2.75, 3.05) is 0 Å². The number of benzene rings is 1. The fourth-order valence-corrected chi connectivity index (χ4v) is 1.78. The third-order valence-electron chi connectivity index (χ3n) is 2.81. The van der Waals surface area contributed by atoms with Crippen molar-refractivity contribution >= 4 is 6.29 Å². The van der Waals surface area contributed by atoms with Crippen molar-refractivity contribution in [2.45, 2.75) is 20.4 Å². The first-order valence-electron chi connectivity index (χ1n) is 5.37. The number of aromatic nitrogens is 1. The minimum atomic E-state index is 0.734. The smallest absolute Gasteiger partial charge is 0.166 e. The summed E-state index contributed by atoms with van der Waals surface area (Å²) >= 11 is 0. The molecule has 16 heavy (non-hydrogen) atoms. The van der Waals surface area contributed by atoms with E-state index < -0.39 is 0 Å². The maximum absolute atomic E-state index is 10.9. The van der Waals surface area contributed by atoms with E-state index in [0.29, 0.717) is 0 Å². The summed E-state index contributed by atoms with van der Waals surface area (Å²) in [6, 6.07) is 12.2. The van der Waals surface area contributed by atoms with Crippen molar-refractivity contribution < 1.29 is 4.79 Å². The van der Waals surface area contributed by atoms with Crippen molar-refractivity contribution in [3.63, 3.8) is 0 Å². The number of carbonyl (C=O) groups excluding carboxylic acids is 1. The number of carbonyl (C=O) groups is 1. The summed E-state index contributed by atoms with van der Waals surface area (Å²) in [5.74, 6) is 0. The lowest BCUT2D eigenvalue weighted by molar-refractivity contribution is 0.111. The monoisotopic (exact) mass is 213 g/mol. The van der Waals surface area contributed by atoms with E-state index in [9.17, 15) is 4.79 Å². The van der Waals surface area contributed by atoms with Crippen molar-refractivity contribution in [2.24, 2.45) is 0 Å². The number of aldehydes is 1. The van der Waals surface area contributed by atoms with Crippen LogP contribution in [0.15, 0.2) is 36.4 Å². The summed E-state index contributed by atoms with van der Waals surface area (Å²) in [5, 5.41) is 0.